The standard InChI is InChI=1S/C21H22O6/c1-25-19-9-13(3-5-15(19)11-22)7-16-12-27-21(24)17(16)8-14-4-6-18(23)20(10-14)26-2/h3-6,9-11,16-17,23H,7-8,12H2,1-2H3/t16-,17+/m0/s1. The van der Waals surface area contributed by atoms with Gasteiger partial charge in [-0.1, -0.05) is 12.1 Å². The van der Waals surface area contributed by atoms with E-state index in [1.807, 2.05) is 12.1 Å². The molecule has 6 nitrogen and oxygen atoms in total. The van der Waals surface area contributed by atoms with E-state index in [4.69, 9.17) is 14.2 Å². The van der Waals surface area contributed by atoms with Crippen LogP contribution < -0.4 is 9.47 Å². The van der Waals surface area contributed by atoms with Gasteiger partial charge in [0, 0.05) is 5.92 Å². The molecule has 27 heavy (non-hydrogen) atoms. The number of cyclic esters (lactones) is 1. The van der Waals surface area contributed by atoms with Gasteiger partial charge in [0.15, 0.2) is 17.8 Å². The molecule has 1 N–H and O–H groups in total. The zero-order chi connectivity index (χ0) is 19.4. The lowest BCUT2D eigenvalue weighted by atomic mass is 9.85. The molecule has 1 saturated heterocycles. The Bertz CT molecular complexity index is 845. The van der Waals surface area contributed by atoms with Crippen LogP contribution in [0.4, 0.5) is 0 Å². The Kier molecular flexibility index (Phi) is 5.64. The minimum absolute atomic E-state index is 0.0177. The molecule has 0 saturated carbocycles. The van der Waals surface area contributed by atoms with E-state index < -0.39 is 0 Å². The Hall–Kier alpha value is -3.02. The maximum Gasteiger partial charge on any atom is 0.309 e. The molecule has 6 heteroatoms. The molecule has 0 unspecified atom stereocenters. The van der Waals surface area contributed by atoms with Gasteiger partial charge in [0.2, 0.25) is 0 Å². The number of aromatic hydroxyl groups is 1. The lowest BCUT2D eigenvalue weighted by molar-refractivity contribution is -0.141. The Morgan fingerprint density at radius 1 is 1.07 bits per heavy atom. The predicted molar refractivity (Wildman–Crippen MR) is 98.4 cm³/mol. The number of aldehydes is 1. The summed E-state index contributed by atoms with van der Waals surface area (Å²) in [5, 5.41) is 9.73. The smallest absolute Gasteiger partial charge is 0.309 e. The fourth-order valence-corrected chi connectivity index (χ4v) is 3.44. The summed E-state index contributed by atoms with van der Waals surface area (Å²) in [5.74, 6) is 0.481. The van der Waals surface area contributed by atoms with Crippen molar-refractivity contribution in [1.29, 1.82) is 0 Å². The number of phenols is 1. The number of carbonyl (C=O) groups excluding carboxylic acids is 2. The summed E-state index contributed by atoms with van der Waals surface area (Å²) in [7, 11) is 3.01. The zero-order valence-electron chi connectivity index (χ0n) is 15.3. The summed E-state index contributed by atoms with van der Waals surface area (Å²) in [6.07, 6.45) is 1.90. The van der Waals surface area contributed by atoms with Gasteiger partial charge >= 0.3 is 5.97 Å². The van der Waals surface area contributed by atoms with Crippen molar-refractivity contribution in [1.82, 2.24) is 0 Å². The van der Waals surface area contributed by atoms with Gasteiger partial charge in [0.1, 0.15) is 5.75 Å². The minimum Gasteiger partial charge on any atom is -0.504 e. The molecular weight excluding hydrogens is 348 g/mol. The quantitative estimate of drug-likeness (QED) is 0.596. The first-order valence-corrected chi connectivity index (χ1v) is 8.70. The molecule has 0 amide bonds. The summed E-state index contributed by atoms with van der Waals surface area (Å²) in [6, 6.07) is 10.5. The van der Waals surface area contributed by atoms with Crippen LogP contribution in [0.15, 0.2) is 36.4 Å². The van der Waals surface area contributed by atoms with E-state index in [-0.39, 0.29) is 23.6 Å². The van der Waals surface area contributed by atoms with Crippen molar-refractivity contribution >= 4 is 12.3 Å². The van der Waals surface area contributed by atoms with Crippen LogP contribution in [0.2, 0.25) is 0 Å². The molecule has 2 aromatic carbocycles. The van der Waals surface area contributed by atoms with Crippen molar-refractivity contribution in [2.75, 3.05) is 20.8 Å². The van der Waals surface area contributed by atoms with E-state index in [9.17, 15) is 14.7 Å². The summed E-state index contributed by atoms with van der Waals surface area (Å²) in [4.78, 5) is 23.3. The lowest BCUT2D eigenvalue weighted by Crippen LogP contribution is -2.20. The van der Waals surface area contributed by atoms with Crippen LogP contribution in [0, 0.1) is 11.8 Å². The van der Waals surface area contributed by atoms with Gasteiger partial charge in [-0.25, -0.2) is 0 Å². The van der Waals surface area contributed by atoms with Crippen molar-refractivity contribution in [3.63, 3.8) is 0 Å². The first kappa shape index (κ1) is 18.8. The van der Waals surface area contributed by atoms with Crippen molar-refractivity contribution in [2.24, 2.45) is 11.8 Å². The Morgan fingerprint density at radius 3 is 2.44 bits per heavy atom. The van der Waals surface area contributed by atoms with E-state index in [1.165, 1.54) is 14.2 Å². The Morgan fingerprint density at radius 2 is 1.74 bits per heavy atom. The normalized spacial score (nSPS) is 18.8. The first-order chi connectivity index (χ1) is 13.0. The average Bonchev–Trinajstić information content (AvgIpc) is 3.02. The number of hydrogen-bond acceptors (Lipinski definition) is 6. The third-order valence-corrected chi connectivity index (χ3v) is 4.93. The minimum atomic E-state index is -0.281. The molecule has 1 fully saturated rings. The molecule has 2 atom stereocenters. The Labute approximate surface area is 157 Å². The molecule has 1 aliphatic heterocycles. The fraction of sp³-hybridized carbons (Fsp3) is 0.333. The monoisotopic (exact) mass is 370 g/mol. The predicted octanol–water partition coefficient (Wildman–Crippen LogP) is 2.80. The number of benzene rings is 2. The van der Waals surface area contributed by atoms with Gasteiger partial charge in [-0.15, -0.1) is 0 Å². The summed E-state index contributed by atoms with van der Waals surface area (Å²) in [6.45, 7) is 0.358. The van der Waals surface area contributed by atoms with E-state index in [1.54, 1.807) is 24.3 Å². The maximum absolute atomic E-state index is 12.3. The van der Waals surface area contributed by atoms with E-state index in [0.717, 1.165) is 17.4 Å². The highest BCUT2D eigenvalue weighted by Gasteiger charge is 2.37. The second-order valence-electron chi connectivity index (χ2n) is 6.61. The van der Waals surface area contributed by atoms with Crippen LogP contribution in [0.25, 0.3) is 0 Å². The maximum atomic E-state index is 12.3. The van der Waals surface area contributed by atoms with E-state index in [0.29, 0.717) is 36.5 Å². The zero-order valence-corrected chi connectivity index (χ0v) is 15.3. The SMILES string of the molecule is COc1cc(C[C@H]2C(=O)OC[C@@H]2Cc2ccc(C=O)c(OC)c2)ccc1O. The molecule has 0 bridgehead atoms. The number of carbonyl (C=O) groups is 2. The average molecular weight is 370 g/mol. The van der Waals surface area contributed by atoms with Crippen molar-refractivity contribution < 1.29 is 28.9 Å². The van der Waals surface area contributed by atoms with Gasteiger partial charge in [-0.3, -0.25) is 9.59 Å². The third-order valence-electron chi connectivity index (χ3n) is 4.93. The summed E-state index contributed by atoms with van der Waals surface area (Å²) in [5.41, 5.74) is 2.37. The van der Waals surface area contributed by atoms with Gasteiger partial charge < -0.3 is 19.3 Å². The number of rotatable bonds is 7. The number of phenolic OH excluding ortho intramolecular Hbond substituents is 1. The highest BCUT2D eigenvalue weighted by Crippen LogP contribution is 2.33. The highest BCUT2D eigenvalue weighted by molar-refractivity contribution is 5.79. The first-order valence-electron chi connectivity index (χ1n) is 8.70. The molecule has 0 radical (unpaired) electrons. The highest BCUT2D eigenvalue weighted by atomic mass is 16.5. The largest absolute Gasteiger partial charge is 0.504 e. The fourth-order valence-electron chi connectivity index (χ4n) is 3.44. The third kappa shape index (κ3) is 4.05. The second kappa shape index (κ2) is 8.12. The number of esters is 1. The van der Waals surface area contributed by atoms with Gasteiger partial charge in [0.25, 0.3) is 0 Å². The number of methoxy groups -OCH3 is 2. The van der Waals surface area contributed by atoms with Crippen molar-refractivity contribution in [3.8, 4) is 17.2 Å². The summed E-state index contributed by atoms with van der Waals surface area (Å²) < 4.78 is 15.7. The molecule has 0 aliphatic carbocycles. The molecule has 142 valence electrons. The van der Waals surface area contributed by atoms with Gasteiger partial charge in [-0.05, 0) is 48.2 Å². The topological polar surface area (TPSA) is 82.1 Å². The van der Waals surface area contributed by atoms with Crippen LogP contribution in [0.3, 0.4) is 0 Å². The molecule has 3 rings (SSSR count). The lowest BCUT2D eigenvalue weighted by Gasteiger charge is -2.17. The van der Waals surface area contributed by atoms with Crippen LogP contribution in [-0.4, -0.2) is 38.2 Å². The van der Waals surface area contributed by atoms with Gasteiger partial charge in [-0.2, -0.15) is 0 Å². The summed E-state index contributed by atoms with van der Waals surface area (Å²) >= 11 is 0. The molecular formula is C21H22O6. The van der Waals surface area contributed by atoms with Gasteiger partial charge in [0.05, 0.1) is 32.3 Å². The van der Waals surface area contributed by atoms with E-state index in [2.05, 4.69) is 0 Å². The van der Waals surface area contributed by atoms with Crippen LogP contribution in [0.5, 0.6) is 17.2 Å². The Balaban J connectivity index is 1.77. The number of ether oxygens (including phenoxy) is 3. The van der Waals surface area contributed by atoms with Crippen LogP contribution >= 0.6 is 0 Å². The van der Waals surface area contributed by atoms with Crippen molar-refractivity contribution in [3.05, 3.63) is 53.1 Å². The van der Waals surface area contributed by atoms with Crippen LogP contribution in [0.1, 0.15) is 21.5 Å². The van der Waals surface area contributed by atoms with Crippen LogP contribution in [-0.2, 0) is 22.4 Å². The number of hydrogen-bond donors (Lipinski definition) is 1. The van der Waals surface area contributed by atoms with E-state index >= 15 is 0 Å². The molecule has 1 aliphatic rings. The molecule has 2 aromatic rings. The second-order valence-corrected chi connectivity index (χ2v) is 6.61. The molecule has 0 spiro atoms. The molecule has 0 aromatic heterocycles. The molecule has 1 heterocycles. The van der Waals surface area contributed by atoms with Crippen molar-refractivity contribution in [2.45, 2.75) is 12.8 Å².